The lowest BCUT2D eigenvalue weighted by atomic mass is 9.84. The lowest BCUT2D eigenvalue weighted by molar-refractivity contribution is 0.669. The zero-order valence-electron chi connectivity index (χ0n) is 29.6. The van der Waals surface area contributed by atoms with E-state index in [0.29, 0.717) is 33.4 Å². The van der Waals surface area contributed by atoms with E-state index in [4.69, 9.17) is 9.90 Å². The predicted molar refractivity (Wildman–Crippen MR) is 175 cm³/mol. The average molecular weight is 529 g/mol. The van der Waals surface area contributed by atoms with Gasteiger partial charge in [0.05, 0.1) is 11.0 Å². The minimum atomic E-state index is -0.428. The molecule has 1 nitrogen and oxygen atoms in total. The summed E-state index contributed by atoms with van der Waals surface area (Å²) in [6.07, 6.45) is 0. The van der Waals surface area contributed by atoms with Crippen LogP contribution in [0.1, 0.15) is 11.0 Å². The maximum absolute atomic E-state index is 9.36. The van der Waals surface area contributed by atoms with Crippen molar-refractivity contribution >= 4 is 65.0 Å². The van der Waals surface area contributed by atoms with E-state index in [1.807, 2.05) is 84.9 Å². The topological polar surface area (TPSA) is 13.1 Å². The summed E-state index contributed by atoms with van der Waals surface area (Å²) in [6, 6.07) is 27.8. The fourth-order valence-electron chi connectivity index (χ4n) is 6.33. The summed E-state index contributed by atoms with van der Waals surface area (Å²) >= 11 is 0. The van der Waals surface area contributed by atoms with E-state index in [1.54, 1.807) is 12.1 Å². The molecule has 190 valence electrons. The third-order valence-electron chi connectivity index (χ3n) is 8.08. The number of hydrogen-bond acceptors (Lipinski definition) is 1. The summed E-state index contributed by atoms with van der Waals surface area (Å²) in [7, 11) is 0. The van der Waals surface area contributed by atoms with Crippen LogP contribution in [0, 0.1) is 0 Å². The van der Waals surface area contributed by atoms with E-state index in [2.05, 4.69) is 0 Å². The van der Waals surface area contributed by atoms with Crippen LogP contribution in [0.5, 0.6) is 0 Å². The normalized spacial score (nSPS) is 14.6. The highest BCUT2D eigenvalue weighted by atomic mass is 16.3. The van der Waals surface area contributed by atoms with Gasteiger partial charge in [-0.05, 0) is 83.5 Å². The molecular formula is C40H24O. The third-order valence-corrected chi connectivity index (χ3v) is 8.08. The summed E-state index contributed by atoms with van der Waals surface area (Å²) < 4.78 is 78.6. The smallest absolute Gasteiger partial charge is 0.135 e. The molecule has 0 aliphatic carbocycles. The third kappa shape index (κ3) is 3.24. The SMILES string of the molecule is [2H]c1c([2H])c([2H])c2c(-c3cccc4ccc5ccccc5c34)c3c([2H])c([2H])c([2H])c([2H])c3c(-c3ccc4oc5ccccc5c4c3)c2c1[2H]. The summed E-state index contributed by atoms with van der Waals surface area (Å²) in [5, 5.41) is 5.98. The van der Waals surface area contributed by atoms with Crippen LogP contribution in [0.25, 0.3) is 87.3 Å². The van der Waals surface area contributed by atoms with Crippen molar-refractivity contribution in [2.24, 2.45) is 0 Å². The Labute approximate surface area is 248 Å². The van der Waals surface area contributed by atoms with E-state index in [0.717, 1.165) is 32.3 Å². The quantitative estimate of drug-likeness (QED) is 0.161. The van der Waals surface area contributed by atoms with Gasteiger partial charge in [-0.1, -0.05) is 127 Å². The second-order valence-corrected chi connectivity index (χ2v) is 10.2. The van der Waals surface area contributed by atoms with Gasteiger partial charge in [0.2, 0.25) is 0 Å². The minimum Gasteiger partial charge on any atom is -0.456 e. The van der Waals surface area contributed by atoms with Crippen LogP contribution >= 0.6 is 0 Å². The van der Waals surface area contributed by atoms with Crippen LogP contribution in [0.4, 0.5) is 0 Å². The molecule has 0 radical (unpaired) electrons. The lowest BCUT2D eigenvalue weighted by Gasteiger charge is -2.19. The Balaban J connectivity index is 1.59. The molecular weight excluding hydrogens is 496 g/mol. The molecule has 0 N–H and O–H groups in total. The molecule has 9 aromatic rings. The molecule has 1 heterocycles. The predicted octanol–water partition coefficient (Wildman–Crippen LogP) is 11.5. The van der Waals surface area contributed by atoms with Gasteiger partial charge in [-0.15, -0.1) is 0 Å². The maximum Gasteiger partial charge on any atom is 0.135 e. The Kier molecular flexibility index (Phi) is 3.34. The minimum absolute atomic E-state index is 0.183. The fourth-order valence-corrected chi connectivity index (χ4v) is 6.33. The zero-order chi connectivity index (χ0) is 33.9. The zero-order valence-corrected chi connectivity index (χ0v) is 21.6. The molecule has 0 saturated heterocycles. The molecule has 0 aliphatic heterocycles. The number of fused-ring (bicyclic) bond motifs is 8. The molecule has 0 amide bonds. The first kappa shape index (κ1) is 16.0. The molecule has 1 aromatic heterocycles. The molecule has 0 aliphatic rings. The standard InChI is InChI=1S/C40H24O/c1-2-12-28-25(10-1)20-21-26-11-9-18-34(38(26)28)40-32-16-5-3-14-30(32)39(31-15-4-6-17-33(31)40)27-22-23-37-35(24-27)29-13-7-8-19-36(29)41-37/h1-24H/i3D,4D,5D,6D,14D,15D,16D,17D. The Bertz CT molecular complexity index is 2850. The number of para-hydroxylation sites is 1. The summed E-state index contributed by atoms with van der Waals surface area (Å²) in [6.45, 7) is 0. The highest BCUT2D eigenvalue weighted by molar-refractivity contribution is 6.26. The Morgan fingerprint density at radius 1 is 0.439 bits per heavy atom. The van der Waals surface area contributed by atoms with Gasteiger partial charge in [0.1, 0.15) is 11.2 Å². The van der Waals surface area contributed by atoms with Gasteiger partial charge in [-0.3, -0.25) is 0 Å². The van der Waals surface area contributed by atoms with Crippen LogP contribution in [0.15, 0.2) is 150 Å². The molecule has 0 bridgehead atoms. The van der Waals surface area contributed by atoms with E-state index in [-0.39, 0.29) is 45.7 Å². The van der Waals surface area contributed by atoms with Crippen molar-refractivity contribution in [2.75, 3.05) is 0 Å². The largest absolute Gasteiger partial charge is 0.456 e. The van der Waals surface area contributed by atoms with E-state index < -0.39 is 24.2 Å². The summed E-state index contributed by atoms with van der Waals surface area (Å²) in [5.74, 6) is 0. The van der Waals surface area contributed by atoms with E-state index in [9.17, 15) is 5.48 Å². The number of benzene rings is 8. The average Bonchev–Trinajstić information content (AvgIpc) is 3.51. The number of hydrogen-bond donors (Lipinski definition) is 0. The Hall–Kier alpha value is -5.40. The molecule has 0 saturated carbocycles. The van der Waals surface area contributed by atoms with Crippen molar-refractivity contribution in [3.05, 3.63) is 145 Å². The van der Waals surface area contributed by atoms with Gasteiger partial charge in [0.25, 0.3) is 0 Å². The lowest BCUT2D eigenvalue weighted by Crippen LogP contribution is -1.92. The highest BCUT2D eigenvalue weighted by Gasteiger charge is 2.19. The van der Waals surface area contributed by atoms with Crippen molar-refractivity contribution in [1.82, 2.24) is 0 Å². The van der Waals surface area contributed by atoms with Crippen LogP contribution in [0.3, 0.4) is 0 Å². The number of rotatable bonds is 2. The molecule has 0 fully saturated rings. The molecule has 9 rings (SSSR count). The monoisotopic (exact) mass is 528 g/mol. The molecule has 0 unspecified atom stereocenters. The van der Waals surface area contributed by atoms with Gasteiger partial charge >= 0.3 is 0 Å². The van der Waals surface area contributed by atoms with Gasteiger partial charge < -0.3 is 4.42 Å². The van der Waals surface area contributed by atoms with Crippen molar-refractivity contribution in [2.45, 2.75) is 0 Å². The van der Waals surface area contributed by atoms with Gasteiger partial charge in [-0.2, -0.15) is 0 Å². The van der Waals surface area contributed by atoms with Crippen LogP contribution < -0.4 is 0 Å². The van der Waals surface area contributed by atoms with Crippen molar-refractivity contribution < 1.29 is 15.4 Å². The van der Waals surface area contributed by atoms with Gasteiger partial charge in [0, 0.05) is 10.8 Å². The highest BCUT2D eigenvalue weighted by Crippen LogP contribution is 2.47. The van der Waals surface area contributed by atoms with Crippen LogP contribution in [-0.4, -0.2) is 0 Å². The second-order valence-electron chi connectivity index (χ2n) is 10.2. The molecule has 41 heavy (non-hydrogen) atoms. The Morgan fingerprint density at radius 3 is 1.83 bits per heavy atom. The van der Waals surface area contributed by atoms with E-state index in [1.165, 1.54) is 0 Å². The van der Waals surface area contributed by atoms with Crippen molar-refractivity contribution in [1.29, 1.82) is 0 Å². The van der Waals surface area contributed by atoms with Crippen molar-refractivity contribution in [3.63, 3.8) is 0 Å². The first-order valence-corrected chi connectivity index (χ1v) is 13.5. The molecule has 1 heteroatoms. The molecule has 0 spiro atoms. The van der Waals surface area contributed by atoms with Crippen molar-refractivity contribution in [3.8, 4) is 22.3 Å². The van der Waals surface area contributed by atoms with Crippen LogP contribution in [-0.2, 0) is 0 Å². The molecule has 8 aromatic carbocycles. The first-order valence-electron chi connectivity index (χ1n) is 17.5. The second kappa shape index (κ2) is 8.55. The Morgan fingerprint density at radius 2 is 1.05 bits per heavy atom. The first-order chi connectivity index (χ1) is 23.7. The van der Waals surface area contributed by atoms with Gasteiger partial charge in [0.15, 0.2) is 0 Å². The van der Waals surface area contributed by atoms with Crippen LogP contribution in [0.2, 0.25) is 0 Å². The summed E-state index contributed by atoms with van der Waals surface area (Å²) in [4.78, 5) is 0. The van der Waals surface area contributed by atoms with Gasteiger partial charge in [-0.25, -0.2) is 0 Å². The molecule has 0 atom stereocenters. The van der Waals surface area contributed by atoms with E-state index >= 15 is 0 Å². The fraction of sp³-hybridized carbons (Fsp3) is 0. The maximum atomic E-state index is 9.36. The number of furan rings is 1. The summed E-state index contributed by atoms with van der Waals surface area (Å²) in [5.41, 5.74) is 3.11.